The van der Waals surface area contributed by atoms with Crippen molar-refractivity contribution in [2.75, 3.05) is 38.2 Å². The molecule has 0 atom stereocenters. The third-order valence-electron chi connectivity index (χ3n) is 8.72. The number of carbonyl (C=O) groups is 4. The predicted octanol–water partition coefficient (Wildman–Crippen LogP) is 4.94. The Morgan fingerprint density at radius 1 is 0.884 bits per heavy atom. The molecule has 1 N–H and O–H groups in total. The van der Waals surface area contributed by atoms with E-state index in [4.69, 9.17) is 9.47 Å². The number of anilines is 1. The zero-order valence-corrected chi connectivity index (χ0v) is 25.9. The fraction of sp³-hybridized carbons (Fsp3) is 0.529. The van der Waals surface area contributed by atoms with Crippen LogP contribution in [0.15, 0.2) is 42.5 Å². The molecule has 2 aromatic rings. The Morgan fingerprint density at radius 2 is 1.53 bits per heavy atom. The standard InChI is InChI=1S/C34H45N3O6/c1-5-25-14-13-24(21-26(25)6-2)22-34(31(39)42-7-3,32(40)43-8-4)23-30(38)36-18-16-28(17-19-36)37-20-15-27-11-9-10-12-29(27)35-33(37)41/h9-14,21,28H,5-8,15-20,22-23H2,1-4H3,(H,35,41). The lowest BCUT2D eigenvalue weighted by atomic mass is 9.77. The molecule has 43 heavy (non-hydrogen) atoms. The van der Waals surface area contributed by atoms with Crippen molar-refractivity contribution in [3.63, 3.8) is 0 Å². The topological polar surface area (TPSA) is 105 Å². The van der Waals surface area contributed by atoms with Gasteiger partial charge < -0.3 is 24.6 Å². The monoisotopic (exact) mass is 591 g/mol. The molecular formula is C34H45N3O6. The number of amides is 3. The fourth-order valence-electron chi connectivity index (χ4n) is 6.32. The minimum Gasteiger partial charge on any atom is -0.465 e. The second kappa shape index (κ2) is 14.5. The summed E-state index contributed by atoms with van der Waals surface area (Å²) in [5.74, 6) is -1.78. The van der Waals surface area contributed by atoms with Crippen LogP contribution >= 0.6 is 0 Å². The molecule has 2 aliphatic rings. The van der Waals surface area contributed by atoms with Gasteiger partial charge >= 0.3 is 18.0 Å². The number of likely N-dealkylation sites (tertiary alicyclic amines) is 1. The van der Waals surface area contributed by atoms with Crippen LogP contribution in [-0.4, -0.2) is 72.6 Å². The second-order valence-corrected chi connectivity index (χ2v) is 11.3. The Morgan fingerprint density at radius 3 is 2.16 bits per heavy atom. The van der Waals surface area contributed by atoms with Gasteiger partial charge in [0.2, 0.25) is 5.91 Å². The van der Waals surface area contributed by atoms with Crippen molar-refractivity contribution >= 4 is 29.6 Å². The van der Waals surface area contributed by atoms with Crippen LogP contribution < -0.4 is 5.32 Å². The highest BCUT2D eigenvalue weighted by Gasteiger charge is 2.51. The first-order valence-electron chi connectivity index (χ1n) is 15.6. The van der Waals surface area contributed by atoms with Crippen molar-refractivity contribution in [2.45, 2.75) is 78.7 Å². The number of esters is 2. The van der Waals surface area contributed by atoms with Gasteiger partial charge in [0.25, 0.3) is 0 Å². The zero-order valence-electron chi connectivity index (χ0n) is 25.9. The highest BCUT2D eigenvalue weighted by molar-refractivity contribution is 6.04. The number of hydrogen-bond donors (Lipinski definition) is 1. The lowest BCUT2D eigenvalue weighted by Crippen LogP contribution is -2.52. The van der Waals surface area contributed by atoms with Gasteiger partial charge in [0.1, 0.15) is 0 Å². The Kier molecular flexibility index (Phi) is 10.8. The molecule has 0 radical (unpaired) electrons. The van der Waals surface area contributed by atoms with Gasteiger partial charge in [-0.15, -0.1) is 0 Å². The van der Waals surface area contributed by atoms with E-state index in [9.17, 15) is 19.2 Å². The highest BCUT2D eigenvalue weighted by Crippen LogP contribution is 2.34. The molecule has 1 fully saturated rings. The molecule has 1 saturated heterocycles. The van der Waals surface area contributed by atoms with E-state index in [0.29, 0.717) is 32.5 Å². The van der Waals surface area contributed by atoms with Crippen LogP contribution in [0.25, 0.3) is 0 Å². The summed E-state index contributed by atoms with van der Waals surface area (Å²) in [5, 5.41) is 3.03. The van der Waals surface area contributed by atoms with Crippen molar-refractivity contribution in [3.05, 3.63) is 64.7 Å². The number of para-hydroxylation sites is 1. The van der Waals surface area contributed by atoms with Crippen molar-refractivity contribution in [1.29, 1.82) is 0 Å². The van der Waals surface area contributed by atoms with E-state index in [1.54, 1.807) is 18.7 Å². The van der Waals surface area contributed by atoms with Gasteiger partial charge in [-0.05, 0) is 80.7 Å². The van der Waals surface area contributed by atoms with Crippen LogP contribution in [-0.2, 0) is 49.5 Å². The number of fused-ring (bicyclic) bond motifs is 1. The van der Waals surface area contributed by atoms with Gasteiger partial charge in [-0.2, -0.15) is 0 Å². The van der Waals surface area contributed by atoms with E-state index in [0.717, 1.165) is 41.6 Å². The van der Waals surface area contributed by atoms with Gasteiger partial charge in [0.15, 0.2) is 5.41 Å². The quantitative estimate of drug-likeness (QED) is 0.293. The molecular weight excluding hydrogens is 546 g/mol. The van der Waals surface area contributed by atoms with Crippen LogP contribution in [0.5, 0.6) is 0 Å². The maximum atomic E-state index is 13.8. The number of carbonyl (C=O) groups excluding carboxylic acids is 4. The number of ether oxygens (including phenoxy) is 2. The molecule has 2 heterocycles. The van der Waals surface area contributed by atoms with Crippen molar-refractivity contribution in [1.82, 2.24) is 9.80 Å². The molecule has 0 spiro atoms. The van der Waals surface area contributed by atoms with E-state index in [2.05, 4.69) is 19.2 Å². The Bertz CT molecular complexity index is 1300. The average Bonchev–Trinajstić information content (AvgIpc) is 3.18. The number of urea groups is 1. The van der Waals surface area contributed by atoms with Gasteiger partial charge in [0, 0.05) is 31.4 Å². The molecule has 4 rings (SSSR count). The zero-order chi connectivity index (χ0) is 31.0. The number of nitrogens with one attached hydrogen (secondary N) is 1. The molecule has 9 nitrogen and oxygen atoms in total. The normalized spacial score (nSPS) is 15.8. The third-order valence-corrected chi connectivity index (χ3v) is 8.72. The summed E-state index contributed by atoms with van der Waals surface area (Å²) in [7, 11) is 0. The molecule has 2 aliphatic heterocycles. The first-order valence-corrected chi connectivity index (χ1v) is 15.6. The second-order valence-electron chi connectivity index (χ2n) is 11.3. The number of benzene rings is 2. The first kappa shape index (κ1) is 32.0. The summed E-state index contributed by atoms with van der Waals surface area (Å²) in [4.78, 5) is 57.5. The van der Waals surface area contributed by atoms with E-state index < -0.39 is 17.4 Å². The molecule has 9 heteroatoms. The lowest BCUT2D eigenvalue weighted by molar-refractivity contribution is -0.175. The van der Waals surface area contributed by atoms with E-state index >= 15 is 0 Å². The van der Waals surface area contributed by atoms with Gasteiger partial charge in [-0.3, -0.25) is 14.4 Å². The smallest absolute Gasteiger partial charge is 0.324 e. The van der Waals surface area contributed by atoms with Crippen LogP contribution in [0.3, 0.4) is 0 Å². The number of nitrogens with zero attached hydrogens (tertiary/aromatic N) is 2. The van der Waals surface area contributed by atoms with Crippen LogP contribution in [0.1, 0.15) is 69.2 Å². The van der Waals surface area contributed by atoms with Crippen molar-refractivity contribution < 1.29 is 28.7 Å². The highest BCUT2D eigenvalue weighted by atomic mass is 16.6. The summed E-state index contributed by atoms with van der Waals surface area (Å²) in [6, 6.07) is 13.7. The molecule has 0 aliphatic carbocycles. The van der Waals surface area contributed by atoms with Gasteiger partial charge in [0.05, 0.1) is 19.6 Å². The van der Waals surface area contributed by atoms with Gasteiger partial charge in [-0.25, -0.2) is 4.79 Å². The number of aryl methyl sites for hydroxylation is 2. The number of piperidine rings is 1. The molecule has 0 bridgehead atoms. The Balaban J connectivity index is 1.51. The number of hydrogen-bond acceptors (Lipinski definition) is 6. The molecule has 0 saturated carbocycles. The lowest BCUT2D eigenvalue weighted by Gasteiger charge is -2.39. The third kappa shape index (κ3) is 7.20. The van der Waals surface area contributed by atoms with E-state index in [1.807, 2.05) is 47.4 Å². The predicted molar refractivity (Wildman–Crippen MR) is 165 cm³/mol. The maximum Gasteiger partial charge on any atom is 0.324 e. The summed E-state index contributed by atoms with van der Waals surface area (Å²) in [5.41, 5.74) is 3.30. The minimum absolute atomic E-state index is 0.0113. The van der Waals surface area contributed by atoms with E-state index in [-0.39, 0.29) is 44.0 Å². The fourth-order valence-corrected chi connectivity index (χ4v) is 6.32. The molecule has 0 aromatic heterocycles. The van der Waals surface area contributed by atoms with Crippen LogP contribution in [0.2, 0.25) is 0 Å². The van der Waals surface area contributed by atoms with Crippen LogP contribution in [0.4, 0.5) is 10.5 Å². The van der Waals surface area contributed by atoms with E-state index in [1.165, 1.54) is 5.56 Å². The van der Waals surface area contributed by atoms with Crippen molar-refractivity contribution in [2.24, 2.45) is 5.41 Å². The van der Waals surface area contributed by atoms with Crippen molar-refractivity contribution in [3.8, 4) is 0 Å². The maximum absolute atomic E-state index is 13.8. The summed E-state index contributed by atoms with van der Waals surface area (Å²) >= 11 is 0. The summed E-state index contributed by atoms with van der Waals surface area (Å²) in [6.07, 6.45) is 3.35. The summed E-state index contributed by atoms with van der Waals surface area (Å²) < 4.78 is 10.8. The molecule has 0 unspecified atom stereocenters. The Labute approximate surface area is 254 Å². The minimum atomic E-state index is -1.80. The molecule has 2 aromatic carbocycles. The Hall–Kier alpha value is -3.88. The largest absolute Gasteiger partial charge is 0.465 e. The van der Waals surface area contributed by atoms with Gasteiger partial charge in [-0.1, -0.05) is 50.2 Å². The molecule has 232 valence electrons. The molecule has 3 amide bonds. The van der Waals surface area contributed by atoms with Crippen LogP contribution in [0, 0.1) is 5.41 Å². The SMILES string of the molecule is CCOC(=O)C(CC(=O)N1CCC(N2CCc3ccccc3NC2=O)CC1)(Cc1ccc(CC)c(CC)c1)C(=O)OCC. The average molecular weight is 592 g/mol. The number of rotatable bonds is 11. The summed E-state index contributed by atoms with van der Waals surface area (Å²) in [6.45, 7) is 9.14. The first-order chi connectivity index (χ1) is 20.8.